The summed E-state index contributed by atoms with van der Waals surface area (Å²) >= 11 is 0. The number of carbonyl (C=O) groups is 1. The van der Waals surface area contributed by atoms with Crippen LogP contribution in [-0.4, -0.2) is 48.9 Å². The molecule has 14 heteroatoms. The lowest BCUT2D eigenvalue weighted by Gasteiger charge is -2.17. The quantitative estimate of drug-likeness (QED) is 0.463. The van der Waals surface area contributed by atoms with Crippen molar-refractivity contribution in [3.8, 4) is 5.88 Å². The number of fused-ring (bicyclic) bond motifs is 2. The summed E-state index contributed by atoms with van der Waals surface area (Å²) in [6.07, 6.45) is 2.11. The number of hydrogen-bond donors (Lipinski definition) is 2. The van der Waals surface area contributed by atoms with Crippen LogP contribution >= 0.6 is 0 Å². The van der Waals surface area contributed by atoms with E-state index in [0.29, 0.717) is 11.5 Å². The van der Waals surface area contributed by atoms with Crippen molar-refractivity contribution in [1.29, 1.82) is 0 Å². The molecule has 4 aromatic rings. The highest BCUT2D eigenvalue weighted by Gasteiger charge is 2.21. The summed E-state index contributed by atoms with van der Waals surface area (Å²) in [5, 5.41) is 13.1. The Bertz CT molecular complexity index is 1310. The van der Waals surface area contributed by atoms with E-state index in [2.05, 4.69) is 35.5 Å². The minimum Gasteiger partial charge on any atom is -0.415 e. The molecule has 0 fully saturated rings. The maximum absolute atomic E-state index is 14.2. The van der Waals surface area contributed by atoms with E-state index in [0.717, 1.165) is 6.07 Å². The molecule has 0 aliphatic carbocycles. The fourth-order valence-corrected chi connectivity index (χ4v) is 3.08. The molecular weight excluding hydrogens is 433 g/mol. The molecule has 0 bridgehead atoms. The monoisotopic (exact) mass is 450 g/mol. The maximum Gasteiger partial charge on any atom is 0.388 e. The fourth-order valence-electron chi connectivity index (χ4n) is 3.08. The molecule has 4 aromatic heterocycles. The van der Waals surface area contributed by atoms with Gasteiger partial charge in [0.25, 0.3) is 0 Å². The predicted molar refractivity (Wildman–Crippen MR) is 105 cm³/mol. The Labute approximate surface area is 178 Å². The number of methoxy groups -OCH3 is 1. The van der Waals surface area contributed by atoms with E-state index in [-0.39, 0.29) is 28.5 Å². The minimum absolute atomic E-state index is 0.0276. The summed E-state index contributed by atoms with van der Waals surface area (Å²) in [5.41, 5.74) is 0.874. The Morgan fingerprint density at radius 3 is 2.72 bits per heavy atom. The van der Waals surface area contributed by atoms with Gasteiger partial charge >= 0.3 is 12.6 Å². The molecule has 4 heterocycles. The molecule has 2 amide bonds. The standard InChI is InChI=1S/C18H17F3N8O3/c1-8(31-3)15-12(6-22-13-5-14(27-29(13)15)32-17(20)21)25-18(30)24-10-4-11(19)16-23-9(2)26-28(16)7-10/h4-8,17H,1-3H3,(H2,24,25,30)/t8-/m0/s1. The number of pyridine rings is 1. The number of hydrogen-bond acceptors (Lipinski definition) is 7. The number of aromatic nitrogens is 6. The van der Waals surface area contributed by atoms with Crippen LogP contribution in [0.25, 0.3) is 11.3 Å². The second-order valence-electron chi connectivity index (χ2n) is 6.65. The number of rotatable bonds is 6. The zero-order valence-corrected chi connectivity index (χ0v) is 17.0. The summed E-state index contributed by atoms with van der Waals surface area (Å²) in [6.45, 7) is 0.225. The van der Waals surface area contributed by atoms with Crippen molar-refractivity contribution in [2.75, 3.05) is 17.7 Å². The van der Waals surface area contributed by atoms with Gasteiger partial charge in [0.05, 0.1) is 35.6 Å². The molecule has 0 saturated heterocycles. The largest absolute Gasteiger partial charge is 0.415 e. The van der Waals surface area contributed by atoms with Gasteiger partial charge in [0.2, 0.25) is 5.88 Å². The first kappa shape index (κ1) is 21.3. The molecule has 168 valence electrons. The maximum atomic E-state index is 14.2. The van der Waals surface area contributed by atoms with Gasteiger partial charge in [0, 0.05) is 19.2 Å². The summed E-state index contributed by atoms with van der Waals surface area (Å²) in [5.74, 6) is -0.633. The van der Waals surface area contributed by atoms with Crippen LogP contribution < -0.4 is 15.4 Å². The van der Waals surface area contributed by atoms with Gasteiger partial charge in [0.15, 0.2) is 17.1 Å². The number of nitrogens with zero attached hydrogens (tertiary/aromatic N) is 6. The number of halogens is 3. The van der Waals surface area contributed by atoms with Crippen molar-refractivity contribution in [1.82, 2.24) is 29.2 Å². The number of alkyl halides is 2. The van der Waals surface area contributed by atoms with Crippen molar-refractivity contribution < 1.29 is 27.4 Å². The van der Waals surface area contributed by atoms with Crippen LogP contribution in [-0.2, 0) is 4.74 Å². The third-order valence-corrected chi connectivity index (χ3v) is 4.45. The Hall–Kier alpha value is -3.94. The van der Waals surface area contributed by atoms with Crippen molar-refractivity contribution in [2.45, 2.75) is 26.6 Å². The SMILES string of the molecule is CO[C@@H](C)c1c(NC(=O)Nc2cc(F)c3nc(C)nn3c2)cnc2cc(OC(F)F)nn12. The molecular formula is C18H17F3N8O3. The number of nitrogens with one attached hydrogen (secondary N) is 2. The lowest BCUT2D eigenvalue weighted by molar-refractivity contribution is -0.0530. The van der Waals surface area contributed by atoms with Crippen LogP contribution in [0.3, 0.4) is 0 Å². The molecule has 32 heavy (non-hydrogen) atoms. The Balaban J connectivity index is 1.63. The molecule has 2 N–H and O–H groups in total. The molecule has 0 unspecified atom stereocenters. The number of carbonyl (C=O) groups excluding carboxylic acids is 1. The van der Waals surface area contributed by atoms with Crippen LogP contribution in [0.1, 0.15) is 24.5 Å². The Morgan fingerprint density at radius 1 is 1.22 bits per heavy atom. The van der Waals surface area contributed by atoms with Gasteiger partial charge in [-0.3, -0.25) is 0 Å². The van der Waals surface area contributed by atoms with E-state index in [1.807, 2.05) is 0 Å². The van der Waals surface area contributed by atoms with E-state index in [9.17, 15) is 18.0 Å². The van der Waals surface area contributed by atoms with Crippen LogP contribution in [0.2, 0.25) is 0 Å². The van der Waals surface area contributed by atoms with Gasteiger partial charge in [-0.05, 0) is 13.8 Å². The van der Waals surface area contributed by atoms with Crippen LogP contribution in [0, 0.1) is 12.7 Å². The first-order chi connectivity index (χ1) is 15.2. The summed E-state index contributed by atoms with van der Waals surface area (Å²) in [4.78, 5) is 20.6. The lowest BCUT2D eigenvalue weighted by Crippen LogP contribution is -2.22. The van der Waals surface area contributed by atoms with Crippen LogP contribution in [0.4, 0.5) is 29.3 Å². The fraction of sp³-hybridized carbons (Fsp3) is 0.278. The summed E-state index contributed by atoms with van der Waals surface area (Å²) in [6, 6.07) is 1.60. The van der Waals surface area contributed by atoms with Crippen molar-refractivity contribution in [3.05, 3.63) is 41.9 Å². The zero-order valence-electron chi connectivity index (χ0n) is 17.0. The van der Waals surface area contributed by atoms with Gasteiger partial charge in [-0.25, -0.2) is 28.2 Å². The highest BCUT2D eigenvalue weighted by Crippen LogP contribution is 2.27. The number of aryl methyl sites for hydroxylation is 1. The van der Waals surface area contributed by atoms with Gasteiger partial charge in [0.1, 0.15) is 5.82 Å². The molecule has 0 saturated carbocycles. The van der Waals surface area contributed by atoms with Gasteiger partial charge < -0.3 is 20.1 Å². The van der Waals surface area contributed by atoms with Gasteiger partial charge in [-0.2, -0.15) is 13.9 Å². The third kappa shape index (κ3) is 4.12. The zero-order chi connectivity index (χ0) is 23.0. The second kappa shape index (κ2) is 8.30. The molecule has 1 atom stereocenters. The molecule has 0 aromatic carbocycles. The minimum atomic E-state index is -3.06. The lowest BCUT2D eigenvalue weighted by atomic mass is 10.2. The number of urea groups is 1. The van der Waals surface area contributed by atoms with E-state index in [1.54, 1.807) is 13.8 Å². The highest BCUT2D eigenvalue weighted by atomic mass is 19.3. The molecule has 0 radical (unpaired) electrons. The first-order valence-corrected chi connectivity index (χ1v) is 9.22. The van der Waals surface area contributed by atoms with E-state index >= 15 is 0 Å². The van der Waals surface area contributed by atoms with E-state index in [4.69, 9.17) is 4.74 Å². The molecule has 0 spiro atoms. The summed E-state index contributed by atoms with van der Waals surface area (Å²) in [7, 11) is 1.43. The highest BCUT2D eigenvalue weighted by molar-refractivity contribution is 6.00. The van der Waals surface area contributed by atoms with E-state index in [1.165, 1.54) is 34.6 Å². The normalized spacial score (nSPS) is 12.5. The molecule has 11 nitrogen and oxygen atoms in total. The van der Waals surface area contributed by atoms with Crippen LogP contribution in [0.5, 0.6) is 5.88 Å². The number of amides is 2. The number of anilines is 2. The van der Waals surface area contributed by atoms with E-state index < -0.39 is 24.6 Å². The van der Waals surface area contributed by atoms with Crippen molar-refractivity contribution >= 4 is 28.7 Å². The second-order valence-corrected chi connectivity index (χ2v) is 6.65. The smallest absolute Gasteiger partial charge is 0.388 e. The third-order valence-electron chi connectivity index (χ3n) is 4.45. The molecule has 0 aliphatic heterocycles. The van der Waals surface area contributed by atoms with Crippen molar-refractivity contribution in [3.63, 3.8) is 0 Å². The average Bonchev–Trinajstić information content (AvgIpc) is 3.29. The molecule has 0 aliphatic rings. The van der Waals surface area contributed by atoms with Crippen molar-refractivity contribution in [2.24, 2.45) is 0 Å². The predicted octanol–water partition coefficient (Wildman–Crippen LogP) is 3.17. The first-order valence-electron chi connectivity index (χ1n) is 9.22. The number of ether oxygens (including phenoxy) is 2. The Morgan fingerprint density at radius 2 is 2.00 bits per heavy atom. The summed E-state index contributed by atoms with van der Waals surface area (Å²) < 4.78 is 51.4. The molecule has 4 rings (SSSR count). The van der Waals surface area contributed by atoms with Crippen LogP contribution in [0.15, 0.2) is 24.5 Å². The topological polar surface area (TPSA) is 120 Å². The average molecular weight is 450 g/mol. The Kier molecular flexibility index (Phi) is 5.52. The van der Waals surface area contributed by atoms with Gasteiger partial charge in [-0.1, -0.05) is 0 Å². The van der Waals surface area contributed by atoms with Gasteiger partial charge in [-0.15, -0.1) is 5.10 Å².